The molecule has 1 atom stereocenters. The quantitative estimate of drug-likeness (QED) is 0.533. The number of nitrogens with two attached hydrogens (primary N) is 1. The van der Waals surface area contributed by atoms with Gasteiger partial charge in [0, 0.05) is 0 Å². The van der Waals surface area contributed by atoms with Crippen LogP contribution in [0.4, 0.5) is 0 Å². The summed E-state index contributed by atoms with van der Waals surface area (Å²) in [6, 6.07) is 14.6. The highest BCUT2D eigenvalue weighted by Gasteiger charge is 2.17. The molecular weight excluding hydrogens is 350 g/mol. The van der Waals surface area contributed by atoms with E-state index in [1.54, 1.807) is 30.7 Å². The number of aromatic nitrogens is 2. The number of fused-ring (bicyclic) bond motifs is 1. The molecular formula is C19H19N3O3S. The van der Waals surface area contributed by atoms with E-state index in [0.717, 1.165) is 11.3 Å². The van der Waals surface area contributed by atoms with Gasteiger partial charge >= 0.3 is 0 Å². The number of amides is 1. The first-order valence-electron chi connectivity index (χ1n) is 8.08. The van der Waals surface area contributed by atoms with Crippen molar-refractivity contribution in [3.05, 3.63) is 64.4 Å². The van der Waals surface area contributed by atoms with Crippen molar-refractivity contribution in [2.45, 2.75) is 23.9 Å². The Kier molecular flexibility index (Phi) is 5.27. The van der Waals surface area contributed by atoms with Crippen LogP contribution in [0.5, 0.6) is 5.75 Å². The Hall–Kier alpha value is -2.80. The van der Waals surface area contributed by atoms with Gasteiger partial charge in [-0.15, -0.1) is 0 Å². The highest BCUT2D eigenvalue weighted by atomic mass is 32.2. The van der Waals surface area contributed by atoms with Gasteiger partial charge in [0.05, 0.1) is 29.8 Å². The molecule has 0 saturated heterocycles. The van der Waals surface area contributed by atoms with Crippen molar-refractivity contribution in [2.75, 3.05) is 7.11 Å². The topological polar surface area (TPSA) is 87.2 Å². The average molecular weight is 369 g/mol. The van der Waals surface area contributed by atoms with Crippen molar-refractivity contribution in [1.82, 2.24) is 9.55 Å². The number of carbonyl (C=O) groups excluding carboxylic acids is 1. The molecule has 0 saturated carbocycles. The van der Waals surface area contributed by atoms with Crippen LogP contribution < -0.4 is 16.0 Å². The summed E-state index contributed by atoms with van der Waals surface area (Å²) >= 11 is 1.19. The fourth-order valence-electron chi connectivity index (χ4n) is 2.51. The number of nitrogens with zero attached hydrogens (tertiary/aromatic N) is 2. The molecule has 3 aromatic rings. The second-order valence-corrected chi connectivity index (χ2v) is 7.12. The second kappa shape index (κ2) is 7.61. The number of thioether (sulfide) groups is 1. The van der Waals surface area contributed by atoms with Crippen LogP contribution in [0.15, 0.2) is 58.5 Å². The lowest BCUT2D eigenvalue weighted by Crippen LogP contribution is -2.27. The van der Waals surface area contributed by atoms with Gasteiger partial charge in [-0.1, -0.05) is 36.0 Å². The van der Waals surface area contributed by atoms with Crippen molar-refractivity contribution in [3.63, 3.8) is 0 Å². The SMILES string of the molecule is COc1ccc(Cn2c(SC(C)C(N)=O)nc3ccccc3c2=O)cc1. The Morgan fingerprint density at radius 1 is 1.23 bits per heavy atom. The molecule has 0 aliphatic heterocycles. The fourth-order valence-corrected chi connectivity index (χ4v) is 3.36. The first-order valence-corrected chi connectivity index (χ1v) is 8.96. The van der Waals surface area contributed by atoms with Crippen LogP contribution in [0, 0.1) is 0 Å². The molecule has 0 fully saturated rings. The molecule has 0 spiro atoms. The predicted octanol–water partition coefficient (Wildman–Crippen LogP) is 2.42. The minimum absolute atomic E-state index is 0.148. The molecule has 7 heteroatoms. The van der Waals surface area contributed by atoms with Gasteiger partial charge in [-0.2, -0.15) is 0 Å². The summed E-state index contributed by atoms with van der Waals surface area (Å²) in [4.78, 5) is 29.0. The van der Waals surface area contributed by atoms with Crippen LogP contribution in [0.3, 0.4) is 0 Å². The molecule has 1 amide bonds. The molecule has 1 aromatic heterocycles. The van der Waals surface area contributed by atoms with Gasteiger partial charge in [0.25, 0.3) is 5.56 Å². The summed E-state index contributed by atoms with van der Waals surface area (Å²) in [6.07, 6.45) is 0. The number of para-hydroxylation sites is 1. The van der Waals surface area contributed by atoms with E-state index in [-0.39, 0.29) is 5.56 Å². The Morgan fingerprint density at radius 3 is 2.58 bits per heavy atom. The van der Waals surface area contributed by atoms with E-state index in [2.05, 4.69) is 4.98 Å². The zero-order valence-corrected chi connectivity index (χ0v) is 15.3. The molecule has 0 bridgehead atoms. The monoisotopic (exact) mass is 369 g/mol. The maximum Gasteiger partial charge on any atom is 0.262 e. The highest BCUT2D eigenvalue weighted by molar-refractivity contribution is 8.00. The largest absolute Gasteiger partial charge is 0.497 e. The lowest BCUT2D eigenvalue weighted by atomic mass is 10.2. The van der Waals surface area contributed by atoms with Gasteiger partial charge in [0.1, 0.15) is 5.75 Å². The van der Waals surface area contributed by atoms with E-state index >= 15 is 0 Å². The van der Waals surface area contributed by atoms with E-state index in [4.69, 9.17) is 10.5 Å². The van der Waals surface area contributed by atoms with E-state index in [1.165, 1.54) is 11.8 Å². The van der Waals surface area contributed by atoms with Crippen LogP contribution in [-0.4, -0.2) is 27.8 Å². The summed E-state index contributed by atoms with van der Waals surface area (Å²) in [5.74, 6) is 0.295. The summed E-state index contributed by atoms with van der Waals surface area (Å²) in [5.41, 5.74) is 6.76. The van der Waals surface area contributed by atoms with Crippen LogP contribution in [0.25, 0.3) is 10.9 Å². The van der Waals surface area contributed by atoms with Crippen molar-refractivity contribution in [2.24, 2.45) is 5.73 Å². The third-order valence-corrected chi connectivity index (χ3v) is 5.12. The summed E-state index contributed by atoms with van der Waals surface area (Å²) < 4.78 is 6.74. The number of carbonyl (C=O) groups is 1. The smallest absolute Gasteiger partial charge is 0.262 e. The number of benzene rings is 2. The van der Waals surface area contributed by atoms with E-state index < -0.39 is 11.2 Å². The Labute approximate surface area is 155 Å². The molecule has 0 aliphatic carbocycles. The molecule has 26 heavy (non-hydrogen) atoms. The van der Waals surface area contributed by atoms with Crippen molar-refractivity contribution in [3.8, 4) is 5.75 Å². The van der Waals surface area contributed by atoms with Gasteiger partial charge in [0.2, 0.25) is 5.91 Å². The number of hydrogen-bond donors (Lipinski definition) is 1. The summed E-state index contributed by atoms with van der Waals surface area (Å²) in [5, 5.41) is 0.512. The molecule has 6 nitrogen and oxygen atoms in total. The van der Waals surface area contributed by atoms with Crippen LogP contribution >= 0.6 is 11.8 Å². The minimum atomic E-state index is -0.495. The molecule has 2 aromatic carbocycles. The number of primary amides is 1. The first kappa shape index (κ1) is 18.0. The number of hydrogen-bond acceptors (Lipinski definition) is 5. The fraction of sp³-hybridized carbons (Fsp3) is 0.211. The van der Waals surface area contributed by atoms with Gasteiger partial charge in [-0.25, -0.2) is 4.98 Å². The summed E-state index contributed by atoms with van der Waals surface area (Å²) in [6.45, 7) is 2.04. The van der Waals surface area contributed by atoms with Crippen LogP contribution in [0.2, 0.25) is 0 Å². The molecule has 3 rings (SSSR count). The van der Waals surface area contributed by atoms with Crippen LogP contribution in [-0.2, 0) is 11.3 Å². The maximum absolute atomic E-state index is 13.0. The number of ether oxygens (including phenoxy) is 1. The first-order chi connectivity index (χ1) is 12.5. The molecule has 1 unspecified atom stereocenters. The van der Waals surface area contributed by atoms with Crippen molar-refractivity contribution in [1.29, 1.82) is 0 Å². The predicted molar refractivity (Wildman–Crippen MR) is 103 cm³/mol. The average Bonchev–Trinajstić information content (AvgIpc) is 2.65. The number of rotatable bonds is 6. The van der Waals surface area contributed by atoms with Gasteiger partial charge in [-0.3, -0.25) is 14.2 Å². The van der Waals surface area contributed by atoms with Crippen LogP contribution in [0.1, 0.15) is 12.5 Å². The van der Waals surface area contributed by atoms with E-state index in [9.17, 15) is 9.59 Å². The lowest BCUT2D eigenvalue weighted by Gasteiger charge is -2.15. The molecule has 134 valence electrons. The minimum Gasteiger partial charge on any atom is -0.497 e. The van der Waals surface area contributed by atoms with E-state index in [1.807, 2.05) is 36.4 Å². The Balaban J connectivity index is 2.08. The van der Waals surface area contributed by atoms with Crippen molar-refractivity contribution < 1.29 is 9.53 Å². The molecule has 1 heterocycles. The number of methoxy groups -OCH3 is 1. The third-order valence-electron chi connectivity index (χ3n) is 4.01. The zero-order valence-electron chi connectivity index (χ0n) is 14.5. The Bertz CT molecular complexity index is 999. The maximum atomic E-state index is 13.0. The highest BCUT2D eigenvalue weighted by Crippen LogP contribution is 2.23. The summed E-state index contributed by atoms with van der Waals surface area (Å²) in [7, 11) is 1.60. The Morgan fingerprint density at radius 2 is 1.92 bits per heavy atom. The lowest BCUT2D eigenvalue weighted by molar-refractivity contribution is -0.117. The van der Waals surface area contributed by atoms with Gasteiger partial charge in [0.15, 0.2) is 5.16 Å². The molecule has 0 aliphatic rings. The zero-order chi connectivity index (χ0) is 18.7. The third kappa shape index (κ3) is 3.72. The second-order valence-electron chi connectivity index (χ2n) is 5.81. The molecule has 2 N–H and O–H groups in total. The van der Waals surface area contributed by atoms with Gasteiger partial charge < -0.3 is 10.5 Å². The van der Waals surface area contributed by atoms with E-state index in [0.29, 0.717) is 22.6 Å². The van der Waals surface area contributed by atoms with Gasteiger partial charge in [-0.05, 0) is 36.8 Å². The van der Waals surface area contributed by atoms with Crippen molar-refractivity contribution >= 4 is 28.6 Å². The standard InChI is InChI=1S/C19H19N3O3S/c1-12(17(20)23)26-19-21-16-6-4-3-5-15(16)18(24)22(19)11-13-7-9-14(25-2)10-8-13/h3-10,12H,11H2,1-2H3,(H2,20,23). The normalized spacial score (nSPS) is 12.1. The molecule has 0 radical (unpaired) electrons.